The summed E-state index contributed by atoms with van der Waals surface area (Å²) < 4.78 is 13.8. The maximum atomic E-state index is 13.8. The maximum Gasteiger partial charge on any atom is 1.00 e. The number of carbonyl (C=O) groups is 1. The van der Waals surface area contributed by atoms with Crippen molar-refractivity contribution in [3.8, 4) is 22.4 Å². The first-order chi connectivity index (χ1) is 17.2. The molecule has 2 unspecified atom stereocenters. The van der Waals surface area contributed by atoms with Gasteiger partial charge in [0.1, 0.15) is 5.82 Å². The summed E-state index contributed by atoms with van der Waals surface area (Å²) in [5.41, 5.74) is 7.89. The molecule has 0 radical (unpaired) electrons. The Hall–Kier alpha value is -2.35. The number of aryl methyl sites for hydroxylation is 1. The summed E-state index contributed by atoms with van der Waals surface area (Å²) in [7, 11) is 0. The second kappa shape index (κ2) is 12.9. The Kier molecular flexibility index (Phi) is 10.2. The predicted molar refractivity (Wildman–Crippen MR) is 136 cm³/mol. The number of fused-ring (bicyclic) bond motifs is 3. The first-order valence-electron chi connectivity index (χ1n) is 12.4. The minimum Gasteiger partial charge on any atom is -0.550 e. The van der Waals surface area contributed by atoms with E-state index in [4.69, 9.17) is 4.98 Å². The molecule has 1 aliphatic carbocycles. The molecular weight excluding hydrogens is 480 g/mol. The summed E-state index contributed by atoms with van der Waals surface area (Å²) in [6, 6.07) is 14.7. The molecule has 7 heteroatoms. The number of aliphatic hydroxyl groups excluding tert-OH is 2. The fourth-order valence-corrected chi connectivity index (χ4v) is 4.94. The summed E-state index contributed by atoms with van der Waals surface area (Å²) in [6.07, 6.45) is 3.12. The molecule has 1 aromatic heterocycles. The van der Waals surface area contributed by atoms with E-state index in [9.17, 15) is 24.5 Å². The molecule has 188 valence electrons. The van der Waals surface area contributed by atoms with Gasteiger partial charge in [0, 0.05) is 29.9 Å². The summed E-state index contributed by atoms with van der Waals surface area (Å²) in [5, 5.41) is 31.2. The Balaban J connectivity index is 0.00000380. The van der Waals surface area contributed by atoms with Crippen molar-refractivity contribution in [2.24, 2.45) is 0 Å². The zero-order chi connectivity index (χ0) is 25.8. The Morgan fingerprint density at radius 2 is 1.81 bits per heavy atom. The molecule has 5 nitrogen and oxygen atoms in total. The quantitative estimate of drug-likeness (QED) is 0.447. The number of aliphatic carboxylic acids is 1. The number of carbonyl (C=O) groups excluding carboxylic acids is 1. The van der Waals surface area contributed by atoms with Gasteiger partial charge in [-0.25, -0.2) is 4.39 Å². The molecule has 1 aliphatic rings. The minimum atomic E-state index is -1.37. The van der Waals surface area contributed by atoms with Crippen LogP contribution in [0.1, 0.15) is 61.4 Å². The van der Waals surface area contributed by atoms with E-state index in [0.717, 1.165) is 58.5 Å². The number of carboxylic acid groups (broad SMARTS) is 1. The van der Waals surface area contributed by atoms with Crippen molar-refractivity contribution in [1.82, 2.24) is 4.98 Å². The molecule has 2 atom stereocenters. The maximum absolute atomic E-state index is 13.8. The van der Waals surface area contributed by atoms with Gasteiger partial charge in [0.25, 0.3) is 0 Å². The molecule has 1 heterocycles. The smallest absolute Gasteiger partial charge is 0.550 e. The first-order valence-corrected chi connectivity index (χ1v) is 12.4. The van der Waals surface area contributed by atoms with Gasteiger partial charge in [-0.15, -0.1) is 0 Å². The van der Waals surface area contributed by atoms with Crippen LogP contribution in [0, 0.1) is 5.82 Å². The number of benzene rings is 2. The average Bonchev–Trinajstić information content (AvgIpc) is 3.01. The van der Waals surface area contributed by atoms with Crippen LogP contribution < -0.4 is 34.7 Å². The third-order valence-corrected chi connectivity index (χ3v) is 6.59. The largest absolute Gasteiger partial charge is 1.00 e. The third-order valence-electron chi connectivity index (χ3n) is 6.59. The molecule has 0 spiro atoms. The van der Waals surface area contributed by atoms with Gasteiger partial charge in [0.2, 0.25) is 0 Å². The van der Waals surface area contributed by atoms with E-state index >= 15 is 0 Å². The second-order valence-corrected chi connectivity index (χ2v) is 9.68. The van der Waals surface area contributed by atoms with Gasteiger partial charge in [0.15, 0.2) is 0 Å². The van der Waals surface area contributed by atoms with Crippen LogP contribution in [0.4, 0.5) is 4.39 Å². The second-order valence-electron chi connectivity index (χ2n) is 9.68. The van der Waals surface area contributed by atoms with Gasteiger partial charge in [-0.3, -0.25) is 4.98 Å². The Bertz CT molecular complexity index is 1270. The number of hydrogen-bond acceptors (Lipinski definition) is 5. The molecule has 4 rings (SSSR count). The number of rotatable bonds is 8. The van der Waals surface area contributed by atoms with Crippen LogP contribution in [-0.2, 0) is 17.6 Å². The van der Waals surface area contributed by atoms with E-state index in [1.807, 2.05) is 12.1 Å². The number of carboxylic acids is 1. The van der Waals surface area contributed by atoms with Crippen LogP contribution in [0.5, 0.6) is 0 Å². The molecule has 2 aromatic carbocycles. The summed E-state index contributed by atoms with van der Waals surface area (Å²) in [4.78, 5) is 15.9. The zero-order valence-corrected chi connectivity index (χ0v) is 23.6. The van der Waals surface area contributed by atoms with E-state index in [2.05, 4.69) is 26.0 Å². The summed E-state index contributed by atoms with van der Waals surface area (Å²) >= 11 is 0. The Labute approximate surface area is 239 Å². The molecule has 0 fully saturated rings. The van der Waals surface area contributed by atoms with Crippen LogP contribution in [0.25, 0.3) is 28.5 Å². The van der Waals surface area contributed by atoms with Crippen molar-refractivity contribution >= 4 is 12.0 Å². The van der Waals surface area contributed by atoms with E-state index in [1.165, 1.54) is 17.7 Å². The molecule has 0 bridgehead atoms. The number of aliphatic hydroxyl groups is 2. The SMILES string of the molecule is CC(C)c1nc2c(c(-c3ccc(F)cc3)c1/C=C/C(O)CC(O)CC(=O)[O-])CCCc1ccccc1-2.[Na+]. The summed E-state index contributed by atoms with van der Waals surface area (Å²) in [5.74, 6) is -1.62. The molecule has 0 saturated heterocycles. The number of pyridine rings is 1. The fraction of sp³-hybridized carbons (Fsp3) is 0.333. The van der Waals surface area contributed by atoms with Crippen LogP contribution in [0.15, 0.2) is 54.6 Å². The van der Waals surface area contributed by atoms with Crippen molar-refractivity contribution in [2.45, 2.75) is 64.1 Å². The molecule has 2 N–H and O–H groups in total. The molecule has 0 aliphatic heterocycles. The molecule has 0 saturated carbocycles. The van der Waals surface area contributed by atoms with Crippen LogP contribution in [0.3, 0.4) is 0 Å². The van der Waals surface area contributed by atoms with Crippen molar-refractivity contribution in [3.05, 3.63) is 82.8 Å². The van der Waals surface area contributed by atoms with Crippen molar-refractivity contribution < 1.29 is 54.1 Å². The minimum absolute atomic E-state index is 0. The molecular formula is C30H31FNNaO4. The predicted octanol–water partition coefficient (Wildman–Crippen LogP) is 1.44. The van der Waals surface area contributed by atoms with E-state index < -0.39 is 24.6 Å². The van der Waals surface area contributed by atoms with Gasteiger partial charge >= 0.3 is 29.6 Å². The third kappa shape index (κ3) is 6.95. The average molecular weight is 512 g/mol. The van der Waals surface area contributed by atoms with Crippen molar-refractivity contribution in [1.29, 1.82) is 0 Å². The molecule has 0 amide bonds. The van der Waals surface area contributed by atoms with E-state index in [-0.39, 0.29) is 47.7 Å². The van der Waals surface area contributed by atoms with E-state index in [1.54, 1.807) is 24.3 Å². The van der Waals surface area contributed by atoms with Crippen molar-refractivity contribution in [3.63, 3.8) is 0 Å². The van der Waals surface area contributed by atoms with Crippen LogP contribution in [0.2, 0.25) is 0 Å². The number of nitrogens with zero attached hydrogens (tertiary/aromatic N) is 1. The Morgan fingerprint density at radius 1 is 1.11 bits per heavy atom. The molecule has 3 aromatic rings. The number of hydrogen-bond donors (Lipinski definition) is 2. The topological polar surface area (TPSA) is 93.5 Å². The van der Waals surface area contributed by atoms with Gasteiger partial charge in [-0.2, -0.15) is 0 Å². The van der Waals surface area contributed by atoms with Gasteiger partial charge in [-0.05, 0) is 59.6 Å². The zero-order valence-electron chi connectivity index (χ0n) is 21.6. The van der Waals surface area contributed by atoms with Gasteiger partial charge in [-0.1, -0.05) is 62.4 Å². The number of aromatic nitrogens is 1. The van der Waals surface area contributed by atoms with E-state index in [0.29, 0.717) is 0 Å². The normalized spacial score (nSPS) is 14.4. The standard InChI is InChI=1S/C30H32FNO4.Na/c1-18(2)29-26(15-14-22(33)16-23(34)17-27(35)36)28(20-10-12-21(31)13-11-20)25-9-5-7-19-6-3-4-8-24(19)30(25)32-29;/h3-4,6,8,10-15,18,22-23,33-34H,5,7,9,16-17H2,1-2H3,(H,35,36);/q;+1/p-1/b15-14+;. The molecule has 37 heavy (non-hydrogen) atoms. The number of halogens is 1. The monoisotopic (exact) mass is 511 g/mol. The van der Waals surface area contributed by atoms with Crippen LogP contribution >= 0.6 is 0 Å². The summed E-state index contributed by atoms with van der Waals surface area (Å²) in [6.45, 7) is 4.12. The van der Waals surface area contributed by atoms with Crippen molar-refractivity contribution in [2.75, 3.05) is 0 Å². The van der Waals surface area contributed by atoms with Crippen LogP contribution in [-0.4, -0.2) is 33.4 Å². The Morgan fingerprint density at radius 3 is 2.49 bits per heavy atom. The van der Waals surface area contributed by atoms with Gasteiger partial charge in [0.05, 0.1) is 23.6 Å². The first kappa shape index (κ1) is 29.2. The fourth-order valence-electron chi connectivity index (χ4n) is 4.94. The van der Waals surface area contributed by atoms with Gasteiger partial charge < -0.3 is 20.1 Å².